The second-order valence-electron chi connectivity index (χ2n) is 4.66. The van der Waals surface area contributed by atoms with Gasteiger partial charge in [-0.3, -0.25) is 0 Å². The van der Waals surface area contributed by atoms with Gasteiger partial charge in [-0.05, 0) is 23.8 Å². The van der Waals surface area contributed by atoms with Crippen molar-refractivity contribution in [2.24, 2.45) is 5.73 Å². The molecule has 2 aromatic carbocycles. The Balaban J connectivity index is 2.16. The van der Waals surface area contributed by atoms with Crippen LogP contribution in [0.25, 0.3) is 0 Å². The fourth-order valence-corrected chi connectivity index (χ4v) is 2.07. The number of nitrogens with zero attached hydrogens (tertiary/aromatic N) is 1. The first-order valence-electron chi connectivity index (χ1n) is 6.47. The first kappa shape index (κ1) is 14.3. The highest BCUT2D eigenvalue weighted by Crippen LogP contribution is 2.23. The van der Waals surface area contributed by atoms with E-state index >= 15 is 0 Å². The van der Waals surface area contributed by atoms with Gasteiger partial charge in [0.25, 0.3) is 0 Å². The van der Waals surface area contributed by atoms with Crippen molar-refractivity contribution < 1.29 is 9.13 Å². The van der Waals surface area contributed by atoms with E-state index in [1.54, 1.807) is 18.2 Å². The van der Waals surface area contributed by atoms with Crippen LogP contribution in [0, 0.1) is 5.82 Å². The number of hydrogen-bond donors (Lipinski definition) is 1. The third kappa shape index (κ3) is 3.08. The van der Waals surface area contributed by atoms with Crippen molar-refractivity contribution in [3.8, 4) is 5.75 Å². The zero-order valence-corrected chi connectivity index (χ0v) is 11.8. The maximum absolute atomic E-state index is 14.1. The molecule has 0 aromatic heterocycles. The number of nitrogens with two attached hydrogens (primary N) is 1. The molecular weight excluding hydrogens is 255 g/mol. The molecule has 2 rings (SSSR count). The van der Waals surface area contributed by atoms with Crippen molar-refractivity contribution in [3.63, 3.8) is 0 Å². The van der Waals surface area contributed by atoms with Crippen LogP contribution in [0.3, 0.4) is 0 Å². The maximum Gasteiger partial charge on any atom is 0.170 e. The van der Waals surface area contributed by atoms with E-state index in [1.165, 1.54) is 7.11 Å². The minimum Gasteiger partial charge on any atom is -0.494 e. The monoisotopic (exact) mass is 274 g/mol. The minimum atomic E-state index is -0.305. The fraction of sp³-hybridized carbons (Fsp3) is 0.250. The van der Waals surface area contributed by atoms with E-state index in [2.05, 4.69) is 0 Å². The van der Waals surface area contributed by atoms with E-state index in [0.717, 1.165) is 11.3 Å². The van der Waals surface area contributed by atoms with Gasteiger partial charge in [0.1, 0.15) is 0 Å². The summed E-state index contributed by atoms with van der Waals surface area (Å²) in [5.74, 6) is -0.0326. The molecule has 0 aliphatic heterocycles. The third-order valence-electron chi connectivity index (χ3n) is 3.28. The summed E-state index contributed by atoms with van der Waals surface area (Å²) >= 11 is 0. The Morgan fingerprint density at radius 1 is 1.15 bits per heavy atom. The summed E-state index contributed by atoms with van der Waals surface area (Å²) in [6, 6.07) is 13.1. The van der Waals surface area contributed by atoms with Gasteiger partial charge in [0, 0.05) is 31.4 Å². The summed E-state index contributed by atoms with van der Waals surface area (Å²) in [4.78, 5) is 1.98. The molecule has 4 heteroatoms. The van der Waals surface area contributed by atoms with Crippen LogP contribution in [0.1, 0.15) is 11.1 Å². The molecular formula is C16H19FN2O. The van der Waals surface area contributed by atoms with Crippen molar-refractivity contribution >= 4 is 5.69 Å². The SMILES string of the molecule is COc1cccc(CN(C)c2ccc(CN)cc2)c1F. The molecule has 0 radical (unpaired) electrons. The number of methoxy groups -OCH3 is 1. The van der Waals surface area contributed by atoms with Crippen molar-refractivity contribution in [2.45, 2.75) is 13.1 Å². The summed E-state index contributed by atoms with van der Waals surface area (Å²) in [7, 11) is 3.40. The first-order chi connectivity index (χ1) is 9.65. The highest BCUT2D eigenvalue weighted by Gasteiger charge is 2.10. The van der Waals surface area contributed by atoms with Gasteiger partial charge in [-0.15, -0.1) is 0 Å². The van der Waals surface area contributed by atoms with Gasteiger partial charge in [-0.1, -0.05) is 24.3 Å². The number of hydrogen-bond acceptors (Lipinski definition) is 3. The lowest BCUT2D eigenvalue weighted by Gasteiger charge is -2.20. The largest absolute Gasteiger partial charge is 0.494 e. The van der Waals surface area contributed by atoms with E-state index in [0.29, 0.717) is 18.7 Å². The summed E-state index contributed by atoms with van der Waals surface area (Å²) in [5.41, 5.74) is 8.28. The molecule has 0 heterocycles. The Bertz CT molecular complexity index is 569. The van der Waals surface area contributed by atoms with Crippen LogP contribution in [0.2, 0.25) is 0 Å². The third-order valence-corrected chi connectivity index (χ3v) is 3.28. The average molecular weight is 274 g/mol. The molecule has 20 heavy (non-hydrogen) atoms. The molecule has 0 atom stereocenters. The Morgan fingerprint density at radius 2 is 1.85 bits per heavy atom. The molecule has 0 fully saturated rings. The van der Waals surface area contributed by atoms with Crippen LogP contribution in [0.4, 0.5) is 10.1 Å². The molecule has 2 aromatic rings. The molecule has 0 amide bonds. The molecule has 106 valence electrons. The second kappa shape index (κ2) is 6.39. The van der Waals surface area contributed by atoms with Crippen molar-refractivity contribution in [1.29, 1.82) is 0 Å². The molecule has 0 aliphatic rings. The van der Waals surface area contributed by atoms with Gasteiger partial charge in [-0.25, -0.2) is 4.39 Å². The lowest BCUT2D eigenvalue weighted by atomic mass is 10.1. The highest BCUT2D eigenvalue weighted by atomic mass is 19.1. The summed E-state index contributed by atoms with van der Waals surface area (Å²) in [6.07, 6.45) is 0. The normalized spacial score (nSPS) is 10.4. The van der Waals surface area contributed by atoms with Crippen LogP contribution in [0.5, 0.6) is 5.75 Å². The summed E-state index contributed by atoms with van der Waals surface area (Å²) < 4.78 is 19.1. The highest BCUT2D eigenvalue weighted by molar-refractivity contribution is 5.48. The summed E-state index contributed by atoms with van der Waals surface area (Å²) in [5, 5.41) is 0. The van der Waals surface area contributed by atoms with E-state index in [1.807, 2.05) is 36.2 Å². The van der Waals surface area contributed by atoms with E-state index < -0.39 is 0 Å². The predicted molar refractivity (Wildman–Crippen MR) is 79.4 cm³/mol. The van der Waals surface area contributed by atoms with E-state index in [4.69, 9.17) is 10.5 Å². The topological polar surface area (TPSA) is 38.5 Å². The van der Waals surface area contributed by atoms with Gasteiger partial charge in [0.2, 0.25) is 0 Å². The Kier molecular flexibility index (Phi) is 4.58. The second-order valence-corrected chi connectivity index (χ2v) is 4.66. The molecule has 0 bridgehead atoms. The lowest BCUT2D eigenvalue weighted by molar-refractivity contribution is 0.384. The standard InChI is InChI=1S/C16H19FN2O/c1-19(14-8-6-12(10-18)7-9-14)11-13-4-3-5-15(20-2)16(13)17/h3-9H,10-11,18H2,1-2H3. The van der Waals surface area contributed by atoms with Crippen molar-refractivity contribution in [1.82, 2.24) is 0 Å². The first-order valence-corrected chi connectivity index (χ1v) is 6.47. The van der Waals surface area contributed by atoms with Crippen LogP contribution < -0.4 is 15.4 Å². The van der Waals surface area contributed by atoms with Crippen LogP contribution >= 0.6 is 0 Å². The van der Waals surface area contributed by atoms with Gasteiger partial charge < -0.3 is 15.4 Å². The Labute approximate surface area is 118 Å². The zero-order valence-electron chi connectivity index (χ0n) is 11.8. The van der Waals surface area contributed by atoms with Crippen molar-refractivity contribution in [2.75, 3.05) is 19.1 Å². The van der Waals surface area contributed by atoms with E-state index in [9.17, 15) is 4.39 Å². The number of anilines is 1. The van der Waals surface area contributed by atoms with Gasteiger partial charge >= 0.3 is 0 Å². The number of halogens is 1. The molecule has 0 saturated heterocycles. The average Bonchev–Trinajstić information content (AvgIpc) is 2.49. The van der Waals surface area contributed by atoms with Crippen LogP contribution in [-0.4, -0.2) is 14.2 Å². The quantitative estimate of drug-likeness (QED) is 0.911. The fourth-order valence-electron chi connectivity index (χ4n) is 2.07. The predicted octanol–water partition coefficient (Wildman–Crippen LogP) is 2.93. The van der Waals surface area contributed by atoms with Crippen LogP contribution in [0.15, 0.2) is 42.5 Å². The Morgan fingerprint density at radius 3 is 2.45 bits per heavy atom. The number of ether oxygens (including phenoxy) is 1. The van der Waals surface area contributed by atoms with Gasteiger partial charge in [0.05, 0.1) is 7.11 Å². The molecule has 0 unspecified atom stereocenters. The number of rotatable bonds is 5. The molecule has 3 nitrogen and oxygen atoms in total. The van der Waals surface area contributed by atoms with Gasteiger partial charge in [0.15, 0.2) is 11.6 Å². The molecule has 0 saturated carbocycles. The van der Waals surface area contributed by atoms with Crippen molar-refractivity contribution in [3.05, 3.63) is 59.4 Å². The van der Waals surface area contributed by atoms with Gasteiger partial charge in [-0.2, -0.15) is 0 Å². The molecule has 2 N–H and O–H groups in total. The lowest BCUT2D eigenvalue weighted by Crippen LogP contribution is -2.17. The van der Waals surface area contributed by atoms with E-state index in [-0.39, 0.29) is 11.6 Å². The smallest absolute Gasteiger partial charge is 0.170 e. The number of benzene rings is 2. The Hall–Kier alpha value is -2.07. The maximum atomic E-state index is 14.1. The summed E-state index contributed by atoms with van der Waals surface area (Å²) in [6.45, 7) is 1.000. The molecule has 0 spiro atoms. The molecule has 0 aliphatic carbocycles. The zero-order chi connectivity index (χ0) is 14.5. The van der Waals surface area contributed by atoms with Crippen LogP contribution in [-0.2, 0) is 13.1 Å². The minimum absolute atomic E-state index is 0.273.